The van der Waals surface area contributed by atoms with Gasteiger partial charge >= 0.3 is 6.09 Å². The van der Waals surface area contributed by atoms with Crippen LogP contribution in [0.1, 0.15) is 37.7 Å². The lowest BCUT2D eigenvalue weighted by molar-refractivity contribution is -0.0161. The summed E-state index contributed by atoms with van der Waals surface area (Å²) in [6, 6.07) is 6.65. The van der Waals surface area contributed by atoms with Crippen molar-refractivity contribution in [3.05, 3.63) is 28.8 Å². The third kappa shape index (κ3) is 4.11. The first-order valence-electron chi connectivity index (χ1n) is 7.99. The van der Waals surface area contributed by atoms with Crippen LogP contribution >= 0.6 is 24.0 Å². The number of carbonyl (C=O) groups excluding carboxylic acids is 1. The number of nitrogens with zero attached hydrogens (tertiary/aromatic N) is 1. The number of benzene rings is 1. The average molecular weight is 359 g/mol. The van der Waals surface area contributed by atoms with Gasteiger partial charge < -0.3 is 9.64 Å². The van der Waals surface area contributed by atoms with Crippen LogP contribution in [-0.4, -0.2) is 36.2 Å². The molecule has 2 aliphatic rings. The molecule has 2 saturated heterocycles. The fourth-order valence-corrected chi connectivity index (χ4v) is 4.00. The highest BCUT2D eigenvalue weighted by Crippen LogP contribution is 2.34. The molecular weight excluding hydrogens is 335 g/mol. The van der Waals surface area contributed by atoms with E-state index in [0.29, 0.717) is 22.8 Å². The third-order valence-electron chi connectivity index (χ3n) is 5.02. The molecule has 23 heavy (non-hydrogen) atoms. The van der Waals surface area contributed by atoms with Crippen LogP contribution in [0.25, 0.3) is 0 Å². The number of carbonyl (C=O) groups is 1. The van der Waals surface area contributed by atoms with Gasteiger partial charge in [-0.1, -0.05) is 30.2 Å². The lowest BCUT2D eigenvalue weighted by atomic mass is 9.83. The zero-order valence-corrected chi connectivity index (χ0v) is 15.1. The van der Waals surface area contributed by atoms with Crippen LogP contribution in [0.5, 0.6) is 0 Å². The highest BCUT2D eigenvalue weighted by molar-refractivity contribution is 6.33. The minimum Gasteiger partial charge on any atom is -0.446 e. The van der Waals surface area contributed by atoms with Gasteiger partial charge in [0.05, 0.1) is 10.7 Å². The molecule has 0 aromatic heterocycles. The first kappa shape index (κ1) is 18.4. The third-order valence-corrected chi connectivity index (χ3v) is 5.33. The van der Waals surface area contributed by atoms with Crippen molar-refractivity contribution in [2.45, 2.75) is 57.2 Å². The van der Waals surface area contributed by atoms with Crippen LogP contribution in [0.3, 0.4) is 0 Å². The molecule has 2 fully saturated rings. The Morgan fingerprint density at radius 1 is 1.30 bits per heavy atom. The lowest BCUT2D eigenvalue weighted by Crippen LogP contribution is -2.52. The second-order valence-corrected chi connectivity index (χ2v) is 6.87. The fourth-order valence-electron chi connectivity index (χ4n) is 3.74. The number of amides is 1. The summed E-state index contributed by atoms with van der Waals surface area (Å²) in [5, 5.41) is 3.34. The van der Waals surface area contributed by atoms with E-state index >= 15 is 0 Å². The molecule has 0 aliphatic carbocycles. The number of anilines is 1. The molecule has 0 spiro atoms. The number of nitrogens with one attached hydrogen (secondary N) is 1. The number of aryl methyl sites for hydroxylation is 1. The molecule has 6 heteroatoms. The number of hydrogen-bond acceptors (Lipinski definition) is 3. The Bertz CT molecular complexity index is 533. The zero-order valence-electron chi connectivity index (χ0n) is 13.5. The van der Waals surface area contributed by atoms with Gasteiger partial charge in [-0.3, -0.25) is 5.32 Å². The molecule has 2 aliphatic heterocycles. The second kappa shape index (κ2) is 7.73. The number of piperidine rings is 2. The molecule has 1 aromatic carbocycles. The maximum Gasteiger partial charge on any atom is 0.411 e. The van der Waals surface area contributed by atoms with E-state index in [2.05, 4.69) is 17.3 Å². The average Bonchev–Trinajstić information content (AvgIpc) is 2.44. The Morgan fingerprint density at radius 2 is 1.96 bits per heavy atom. The van der Waals surface area contributed by atoms with Crippen molar-refractivity contribution in [3.63, 3.8) is 0 Å². The molecule has 1 amide bonds. The van der Waals surface area contributed by atoms with E-state index in [1.54, 1.807) is 6.07 Å². The summed E-state index contributed by atoms with van der Waals surface area (Å²) in [5.74, 6) is 0. The SMILES string of the molecule is Cc1cccc(Cl)c1NC(=O)OC1C[C@H]2CCC[C@H](C1)N2C.Cl. The maximum atomic E-state index is 12.2. The van der Waals surface area contributed by atoms with Crippen molar-refractivity contribution < 1.29 is 9.53 Å². The normalized spacial score (nSPS) is 27.0. The van der Waals surface area contributed by atoms with Gasteiger partial charge in [-0.2, -0.15) is 0 Å². The molecule has 2 heterocycles. The Hall–Kier alpha value is -0.970. The van der Waals surface area contributed by atoms with Crippen molar-refractivity contribution in [2.75, 3.05) is 12.4 Å². The summed E-state index contributed by atoms with van der Waals surface area (Å²) in [7, 11) is 2.19. The summed E-state index contributed by atoms with van der Waals surface area (Å²) >= 11 is 6.14. The molecular formula is C17H24Cl2N2O2. The number of fused-ring (bicyclic) bond motifs is 2. The van der Waals surface area contributed by atoms with E-state index in [4.69, 9.17) is 16.3 Å². The van der Waals surface area contributed by atoms with E-state index in [9.17, 15) is 4.79 Å². The highest BCUT2D eigenvalue weighted by atomic mass is 35.5. The monoisotopic (exact) mass is 358 g/mol. The quantitative estimate of drug-likeness (QED) is 0.837. The van der Waals surface area contributed by atoms with Crippen LogP contribution in [0.4, 0.5) is 10.5 Å². The van der Waals surface area contributed by atoms with Crippen molar-refractivity contribution in [2.24, 2.45) is 0 Å². The summed E-state index contributed by atoms with van der Waals surface area (Å²) in [6.07, 6.45) is 5.18. The number of ether oxygens (including phenoxy) is 1. The molecule has 0 radical (unpaired) electrons. The van der Waals surface area contributed by atoms with Crippen LogP contribution in [0, 0.1) is 6.92 Å². The highest BCUT2D eigenvalue weighted by Gasteiger charge is 2.37. The number of rotatable bonds is 2. The Kier molecular flexibility index (Phi) is 6.18. The zero-order chi connectivity index (χ0) is 15.7. The van der Waals surface area contributed by atoms with Gasteiger partial charge in [-0.05, 0) is 38.4 Å². The van der Waals surface area contributed by atoms with Crippen molar-refractivity contribution >= 4 is 35.8 Å². The summed E-state index contributed by atoms with van der Waals surface area (Å²) in [6.45, 7) is 1.92. The topological polar surface area (TPSA) is 41.6 Å². The van der Waals surface area contributed by atoms with E-state index in [-0.39, 0.29) is 18.5 Å². The van der Waals surface area contributed by atoms with Gasteiger partial charge in [0.2, 0.25) is 0 Å². The Morgan fingerprint density at radius 3 is 2.57 bits per heavy atom. The minimum atomic E-state index is -0.399. The van der Waals surface area contributed by atoms with Crippen LogP contribution in [0.15, 0.2) is 18.2 Å². The van der Waals surface area contributed by atoms with Crippen molar-refractivity contribution in [1.82, 2.24) is 4.90 Å². The van der Waals surface area contributed by atoms with Crippen molar-refractivity contribution in [1.29, 1.82) is 0 Å². The molecule has 0 unspecified atom stereocenters. The number of para-hydroxylation sites is 1. The fraction of sp³-hybridized carbons (Fsp3) is 0.588. The molecule has 1 aromatic rings. The molecule has 128 valence electrons. The standard InChI is InChI=1S/C17H23ClN2O2.ClH/c1-11-5-3-8-15(18)16(11)19-17(21)22-14-9-12-6-4-7-13(10-14)20(12)2;/h3,5,8,12-14H,4,6-7,9-10H2,1-2H3,(H,19,21);1H/t12-,13-;/m1./s1. The minimum absolute atomic E-state index is 0. The molecule has 3 rings (SSSR count). The number of hydrogen-bond donors (Lipinski definition) is 1. The molecule has 1 N–H and O–H groups in total. The largest absolute Gasteiger partial charge is 0.446 e. The first-order chi connectivity index (χ1) is 10.5. The Balaban J connectivity index is 0.00000192. The maximum absolute atomic E-state index is 12.2. The van der Waals surface area contributed by atoms with E-state index < -0.39 is 6.09 Å². The smallest absolute Gasteiger partial charge is 0.411 e. The first-order valence-corrected chi connectivity index (χ1v) is 8.37. The van der Waals surface area contributed by atoms with Crippen LogP contribution in [-0.2, 0) is 4.74 Å². The summed E-state index contributed by atoms with van der Waals surface area (Å²) < 4.78 is 5.65. The molecule has 4 nitrogen and oxygen atoms in total. The van der Waals surface area contributed by atoms with Gasteiger partial charge in [0.15, 0.2) is 0 Å². The molecule has 2 atom stereocenters. The van der Waals surface area contributed by atoms with E-state index in [1.165, 1.54) is 19.3 Å². The molecule has 0 saturated carbocycles. The van der Waals surface area contributed by atoms with Gasteiger partial charge in [0.25, 0.3) is 0 Å². The van der Waals surface area contributed by atoms with Crippen LogP contribution < -0.4 is 5.32 Å². The Labute approximate surface area is 148 Å². The van der Waals surface area contributed by atoms with Crippen LogP contribution in [0.2, 0.25) is 5.02 Å². The predicted octanol–water partition coefficient (Wildman–Crippen LogP) is 4.63. The lowest BCUT2D eigenvalue weighted by Gasteiger charge is -2.46. The van der Waals surface area contributed by atoms with Crippen molar-refractivity contribution in [3.8, 4) is 0 Å². The van der Waals surface area contributed by atoms with Gasteiger partial charge in [0.1, 0.15) is 6.10 Å². The second-order valence-electron chi connectivity index (χ2n) is 6.46. The van der Waals surface area contributed by atoms with E-state index in [0.717, 1.165) is 18.4 Å². The van der Waals surface area contributed by atoms with Gasteiger partial charge in [0, 0.05) is 24.9 Å². The van der Waals surface area contributed by atoms with E-state index in [1.807, 2.05) is 19.1 Å². The predicted molar refractivity (Wildman–Crippen MR) is 95.8 cm³/mol. The summed E-state index contributed by atoms with van der Waals surface area (Å²) in [4.78, 5) is 14.6. The number of halogens is 2. The molecule has 2 bridgehead atoms. The van der Waals surface area contributed by atoms with Gasteiger partial charge in [-0.25, -0.2) is 4.79 Å². The van der Waals surface area contributed by atoms with Gasteiger partial charge in [-0.15, -0.1) is 12.4 Å². The summed E-state index contributed by atoms with van der Waals surface area (Å²) in [5.41, 5.74) is 1.58.